The molecule has 2 saturated heterocycles. The number of sulfonamides is 1. The average molecular weight is 311 g/mol. The largest absolute Gasteiger partial charge is 0.356 e. The Hall–Kier alpha value is -0.800. The van der Waals surface area contributed by atoms with Crippen LogP contribution < -0.4 is 10.6 Å². The number of rotatable bonds is 5. The molecule has 2 fully saturated rings. The summed E-state index contributed by atoms with van der Waals surface area (Å²) in [5.74, 6) is -3.18. The average Bonchev–Trinajstić information content (AvgIpc) is 2.34. The number of alkyl halides is 2. The third-order valence-corrected chi connectivity index (χ3v) is 5.41. The van der Waals surface area contributed by atoms with Crippen LogP contribution >= 0.6 is 0 Å². The van der Waals surface area contributed by atoms with E-state index in [9.17, 15) is 22.0 Å². The first-order valence-corrected chi connectivity index (χ1v) is 8.17. The number of nitrogens with zero attached hydrogens (tertiary/aromatic N) is 1. The summed E-state index contributed by atoms with van der Waals surface area (Å²) in [6, 6.07) is 0. The first-order chi connectivity index (χ1) is 9.41. The van der Waals surface area contributed by atoms with Crippen LogP contribution in [-0.2, 0) is 14.8 Å². The lowest BCUT2D eigenvalue weighted by Gasteiger charge is -2.32. The van der Waals surface area contributed by atoms with Crippen molar-refractivity contribution in [2.24, 2.45) is 11.8 Å². The van der Waals surface area contributed by atoms with E-state index in [1.807, 2.05) is 0 Å². The zero-order valence-corrected chi connectivity index (χ0v) is 11.8. The van der Waals surface area contributed by atoms with Crippen molar-refractivity contribution in [3.8, 4) is 0 Å². The fourth-order valence-corrected chi connectivity index (χ4v) is 3.29. The minimum Gasteiger partial charge on any atom is -0.356 e. The van der Waals surface area contributed by atoms with Gasteiger partial charge in [0.05, 0.1) is 5.92 Å². The van der Waals surface area contributed by atoms with E-state index in [4.69, 9.17) is 0 Å². The molecule has 0 bridgehead atoms. The van der Waals surface area contributed by atoms with Gasteiger partial charge in [-0.05, 0) is 18.8 Å². The quantitative estimate of drug-likeness (QED) is 0.723. The number of amides is 1. The van der Waals surface area contributed by atoms with Crippen molar-refractivity contribution < 1.29 is 22.0 Å². The molecule has 2 aliphatic heterocycles. The van der Waals surface area contributed by atoms with Gasteiger partial charge in [0.25, 0.3) is 10.0 Å². The highest BCUT2D eigenvalue weighted by Crippen LogP contribution is 2.22. The molecule has 0 aromatic carbocycles. The number of piperidine rings is 1. The van der Waals surface area contributed by atoms with Crippen molar-refractivity contribution in [2.75, 3.05) is 32.7 Å². The Bertz CT molecular complexity index is 446. The van der Waals surface area contributed by atoms with E-state index in [2.05, 4.69) is 10.6 Å². The molecule has 2 N–H and O–H groups in total. The van der Waals surface area contributed by atoms with Gasteiger partial charge in [-0.3, -0.25) is 4.79 Å². The summed E-state index contributed by atoms with van der Waals surface area (Å²) in [5.41, 5.74) is 0. The predicted molar refractivity (Wildman–Crippen MR) is 68.6 cm³/mol. The molecular weight excluding hydrogens is 292 g/mol. The zero-order chi connectivity index (χ0) is 14.8. The maximum absolute atomic E-state index is 12.4. The molecule has 9 heteroatoms. The molecule has 6 nitrogen and oxygen atoms in total. The van der Waals surface area contributed by atoms with Gasteiger partial charge >= 0.3 is 5.76 Å². The van der Waals surface area contributed by atoms with Crippen LogP contribution in [0, 0.1) is 11.8 Å². The van der Waals surface area contributed by atoms with E-state index >= 15 is 0 Å². The molecule has 0 aliphatic carbocycles. The molecule has 2 heterocycles. The molecule has 0 spiro atoms. The highest BCUT2D eigenvalue weighted by atomic mass is 32.2. The number of carbonyl (C=O) groups excluding carboxylic acids is 1. The third kappa shape index (κ3) is 3.44. The van der Waals surface area contributed by atoms with Gasteiger partial charge in [0, 0.05) is 32.7 Å². The Morgan fingerprint density at radius 1 is 1.30 bits per heavy atom. The fourth-order valence-electron chi connectivity index (χ4n) is 2.34. The summed E-state index contributed by atoms with van der Waals surface area (Å²) < 4.78 is 48.2. The standard InChI is InChI=1S/C11H19F2N3O3S/c12-11(13)20(18,19)16-3-1-8(2-4-16)5-15-10(17)9-6-14-7-9/h8-9,11,14H,1-7H2,(H,15,17). The molecule has 0 aromatic heterocycles. The number of hydrogen-bond donors (Lipinski definition) is 2. The third-order valence-electron chi connectivity index (χ3n) is 3.88. The smallest absolute Gasteiger partial charge is 0.350 e. The lowest BCUT2D eigenvalue weighted by molar-refractivity contribution is -0.126. The van der Waals surface area contributed by atoms with Gasteiger partial charge in [0.1, 0.15) is 0 Å². The van der Waals surface area contributed by atoms with Crippen LogP contribution in [0.5, 0.6) is 0 Å². The topological polar surface area (TPSA) is 78.5 Å². The lowest BCUT2D eigenvalue weighted by atomic mass is 9.97. The van der Waals surface area contributed by atoms with Crippen molar-refractivity contribution in [3.05, 3.63) is 0 Å². The van der Waals surface area contributed by atoms with Crippen molar-refractivity contribution in [2.45, 2.75) is 18.6 Å². The molecule has 0 aromatic rings. The van der Waals surface area contributed by atoms with Gasteiger partial charge < -0.3 is 10.6 Å². The van der Waals surface area contributed by atoms with Crippen molar-refractivity contribution in [1.82, 2.24) is 14.9 Å². The van der Waals surface area contributed by atoms with Crippen LogP contribution in [0.2, 0.25) is 0 Å². The highest BCUT2D eigenvalue weighted by Gasteiger charge is 2.35. The minimum atomic E-state index is -4.46. The second-order valence-corrected chi connectivity index (χ2v) is 7.15. The van der Waals surface area contributed by atoms with Crippen LogP contribution in [0.4, 0.5) is 8.78 Å². The molecule has 0 saturated carbocycles. The first-order valence-electron chi connectivity index (χ1n) is 6.67. The fraction of sp³-hybridized carbons (Fsp3) is 0.909. The van der Waals surface area contributed by atoms with E-state index in [0.29, 0.717) is 32.5 Å². The number of carbonyl (C=O) groups is 1. The van der Waals surface area contributed by atoms with E-state index in [1.165, 1.54) is 0 Å². The maximum Gasteiger partial charge on any atom is 0.350 e. The summed E-state index contributed by atoms with van der Waals surface area (Å²) in [4.78, 5) is 11.6. The molecule has 0 unspecified atom stereocenters. The molecule has 0 radical (unpaired) electrons. The Labute approximate surface area is 116 Å². The van der Waals surface area contributed by atoms with Gasteiger partial charge in [-0.25, -0.2) is 8.42 Å². The normalized spacial score (nSPS) is 22.8. The summed E-state index contributed by atoms with van der Waals surface area (Å²) in [6.45, 7) is 2.06. The molecular formula is C11H19F2N3O3S. The van der Waals surface area contributed by atoms with Crippen LogP contribution in [0.1, 0.15) is 12.8 Å². The van der Waals surface area contributed by atoms with E-state index in [-0.39, 0.29) is 30.8 Å². The number of hydrogen-bond acceptors (Lipinski definition) is 4. The second kappa shape index (κ2) is 6.31. The molecule has 20 heavy (non-hydrogen) atoms. The highest BCUT2D eigenvalue weighted by molar-refractivity contribution is 7.89. The Kier molecular flexibility index (Phi) is 4.92. The number of halogens is 2. The van der Waals surface area contributed by atoms with E-state index in [0.717, 1.165) is 4.31 Å². The van der Waals surface area contributed by atoms with E-state index in [1.54, 1.807) is 0 Å². The summed E-state index contributed by atoms with van der Waals surface area (Å²) in [6.07, 6.45) is 0.990. The Morgan fingerprint density at radius 2 is 1.90 bits per heavy atom. The van der Waals surface area contributed by atoms with Crippen molar-refractivity contribution in [1.29, 1.82) is 0 Å². The number of nitrogens with one attached hydrogen (secondary N) is 2. The van der Waals surface area contributed by atoms with Gasteiger partial charge in [-0.2, -0.15) is 13.1 Å². The summed E-state index contributed by atoms with van der Waals surface area (Å²) in [5, 5.41) is 5.84. The van der Waals surface area contributed by atoms with Crippen LogP contribution in [0.25, 0.3) is 0 Å². The van der Waals surface area contributed by atoms with Gasteiger partial charge in [0.2, 0.25) is 5.91 Å². The van der Waals surface area contributed by atoms with Crippen LogP contribution in [0.3, 0.4) is 0 Å². The Morgan fingerprint density at radius 3 is 2.35 bits per heavy atom. The summed E-state index contributed by atoms with van der Waals surface area (Å²) >= 11 is 0. The predicted octanol–water partition coefficient (Wildman–Crippen LogP) is -0.414. The summed E-state index contributed by atoms with van der Waals surface area (Å²) in [7, 11) is -4.46. The second-order valence-electron chi connectivity index (χ2n) is 5.25. The Balaban J connectivity index is 1.73. The van der Waals surface area contributed by atoms with Crippen LogP contribution in [-0.4, -0.2) is 57.1 Å². The molecule has 2 rings (SSSR count). The monoisotopic (exact) mass is 311 g/mol. The maximum atomic E-state index is 12.4. The lowest BCUT2D eigenvalue weighted by Crippen LogP contribution is -2.52. The van der Waals surface area contributed by atoms with Gasteiger partial charge in [-0.15, -0.1) is 0 Å². The minimum absolute atomic E-state index is 0.00591. The molecule has 0 atom stereocenters. The van der Waals surface area contributed by atoms with Crippen molar-refractivity contribution in [3.63, 3.8) is 0 Å². The van der Waals surface area contributed by atoms with Crippen LogP contribution in [0.15, 0.2) is 0 Å². The zero-order valence-electron chi connectivity index (χ0n) is 11.0. The van der Waals surface area contributed by atoms with E-state index < -0.39 is 15.8 Å². The molecule has 1 amide bonds. The SMILES string of the molecule is O=C(NCC1CCN(S(=O)(=O)C(F)F)CC1)C1CNC1. The van der Waals surface area contributed by atoms with Gasteiger partial charge in [0.15, 0.2) is 0 Å². The first kappa shape index (κ1) is 15.6. The molecule has 116 valence electrons. The van der Waals surface area contributed by atoms with Gasteiger partial charge in [-0.1, -0.05) is 0 Å². The molecule has 2 aliphatic rings. The van der Waals surface area contributed by atoms with Crippen molar-refractivity contribution >= 4 is 15.9 Å².